The van der Waals surface area contributed by atoms with Gasteiger partial charge in [-0.25, -0.2) is 0 Å². The second-order valence-corrected chi connectivity index (χ2v) is 3.35. The number of nitrogens with two attached hydrogens (primary N) is 1. The van der Waals surface area contributed by atoms with E-state index >= 15 is 0 Å². The van der Waals surface area contributed by atoms with Gasteiger partial charge in [-0.15, -0.1) is 0 Å². The predicted molar refractivity (Wildman–Crippen MR) is 54.4 cm³/mol. The molecule has 14 heavy (non-hydrogen) atoms. The average Bonchev–Trinajstić information content (AvgIpc) is 2.14. The van der Waals surface area contributed by atoms with Crippen LogP contribution >= 0.6 is 0 Å². The first-order valence-electron chi connectivity index (χ1n) is 4.44. The SMILES string of the molecule is CC1Oc2cccc(N)c2N(C)C1=O. The van der Waals surface area contributed by atoms with E-state index in [4.69, 9.17) is 10.5 Å². The maximum absolute atomic E-state index is 11.6. The van der Waals surface area contributed by atoms with Crippen molar-refractivity contribution in [2.24, 2.45) is 0 Å². The number of nitrogens with zero attached hydrogens (tertiary/aromatic N) is 1. The fraction of sp³-hybridized carbons (Fsp3) is 0.300. The number of carbonyl (C=O) groups excluding carboxylic acids is 1. The number of anilines is 2. The number of ether oxygens (including phenoxy) is 1. The second-order valence-electron chi connectivity index (χ2n) is 3.35. The number of nitrogen functional groups attached to an aromatic ring is 1. The lowest BCUT2D eigenvalue weighted by Crippen LogP contribution is -2.42. The summed E-state index contributed by atoms with van der Waals surface area (Å²) in [4.78, 5) is 13.1. The molecule has 4 heteroatoms. The van der Waals surface area contributed by atoms with Gasteiger partial charge < -0.3 is 15.4 Å². The molecule has 0 bridgehead atoms. The topological polar surface area (TPSA) is 55.6 Å². The van der Waals surface area contributed by atoms with Crippen molar-refractivity contribution in [3.05, 3.63) is 18.2 Å². The molecule has 4 nitrogen and oxygen atoms in total. The maximum atomic E-state index is 11.6. The molecular formula is C10H12N2O2. The summed E-state index contributed by atoms with van der Waals surface area (Å²) in [5.41, 5.74) is 6.99. The van der Waals surface area contributed by atoms with Gasteiger partial charge in [-0.1, -0.05) is 6.07 Å². The summed E-state index contributed by atoms with van der Waals surface area (Å²) in [6.07, 6.45) is -0.436. The van der Waals surface area contributed by atoms with E-state index in [1.54, 1.807) is 24.9 Å². The van der Waals surface area contributed by atoms with Gasteiger partial charge in [0.25, 0.3) is 5.91 Å². The predicted octanol–water partition coefficient (Wildman–Crippen LogP) is 1.01. The number of amides is 1. The van der Waals surface area contributed by atoms with Crippen LogP contribution in [0, 0.1) is 0 Å². The number of benzene rings is 1. The van der Waals surface area contributed by atoms with Crippen molar-refractivity contribution >= 4 is 17.3 Å². The van der Waals surface area contributed by atoms with Crippen LogP contribution < -0.4 is 15.4 Å². The summed E-state index contributed by atoms with van der Waals surface area (Å²) in [7, 11) is 1.70. The molecule has 74 valence electrons. The van der Waals surface area contributed by atoms with Crippen molar-refractivity contribution < 1.29 is 9.53 Å². The minimum absolute atomic E-state index is 0.0737. The molecule has 1 heterocycles. The van der Waals surface area contributed by atoms with Crippen LogP contribution in [0.3, 0.4) is 0 Å². The maximum Gasteiger partial charge on any atom is 0.267 e. The molecular weight excluding hydrogens is 180 g/mol. The summed E-state index contributed by atoms with van der Waals surface area (Å²) in [5.74, 6) is 0.593. The summed E-state index contributed by atoms with van der Waals surface area (Å²) in [5, 5.41) is 0. The fourth-order valence-electron chi connectivity index (χ4n) is 1.62. The van der Waals surface area contributed by atoms with E-state index in [0.717, 1.165) is 0 Å². The smallest absolute Gasteiger partial charge is 0.267 e. The van der Waals surface area contributed by atoms with Crippen molar-refractivity contribution in [2.45, 2.75) is 13.0 Å². The highest BCUT2D eigenvalue weighted by atomic mass is 16.5. The minimum Gasteiger partial charge on any atom is -0.479 e. The van der Waals surface area contributed by atoms with Gasteiger partial charge in [-0.05, 0) is 19.1 Å². The zero-order chi connectivity index (χ0) is 10.3. The van der Waals surface area contributed by atoms with E-state index in [1.165, 1.54) is 0 Å². The van der Waals surface area contributed by atoms with Crippen molar-refractivity contribution in [1.29, 1.82) is 0 Å². The van der Waals surface area contributed by atoms with E-state index in [9.17, 15) is 4.79 Å². The number of likely N-dealkylation sites (N-methyl/N-ethyl adjacent to an activating group) is 1. The molecule has 0 radical (unpaired) electrons. The van der Waals surface area contributed by atoms with Crippen LogP contribution in [0.5, 0.6) is 5.75 Å². The molecule has 0 aliphatic carbocycles. The molecule has 1 aliphatic heterocycles. The molecule has 2 N–H and O–H groups in total. The molecule has 1 atom stereocenters. The highest BCUT2D eigenvalue weighted by molar-refractivity contribution is 6.02. The van der Waals surface area contributed by atoms with Crippen LogP contribution in [0.25, 0.3) is 0 Å². The Morgan fingerprint density at radius 1 is 1.50 bits per heavy atom. The molecule has 0 saturated carbocycles. The summed E-state index contributed by atoms with van der Waals surface area (Å²) in [6, 6.07) is 5.37. The van der Waals surface area contributed by atoms with Gasteiger partial charge in [0.05, 0.1) is 5.69 Å². The lowest BCUT2D eigenvalue weighted by molar-refractivity contribution is -0.125. The number of fused-ring (bicyclic) bond motifs is 1. The molecule has 1 aliphatic rings. The van der Waals surface area contributed by atoms with E-state index in [0.29, 0.717) is 17.1 Å². The first-order chi connectivity index (χ1) is 6.61. The van der Waals surface area contributed by atoms with Gasteiger partial charge in [0.2, 0.25) is 0 Å². The van der Waals surface area contributed by atoms with E-state index in [-0.39, 0.29) is 5.91 Å². The first kappa shape index (κ1) is 8.87. The minimum atomic E-state index is -0.436. The number of rotatable bonds is 0. The van der Waals surface area contributed by atoms with Gasteiger partial charge in [0.1, 0.15) is 11.4 Å². The Hall–Kier alpha value is -1.71. The largest absolute Gasteiger partial charge is 0.479 e. The highest BCUT2D eigenvalue weighted by Gasteiger charge is 2.29. The Bertz CT molecular complexity index is 390. The van der Waals surface area contributed by atoms with Crippen LogP contribution in [0.2, 0.25) is 0 Å². The Morgan fingerprint density at radius 3 is 2.93 bits per heavy atom. The highest BCUT2D eigenvalue weighted by Crippen LogP contribution is 2.37. The summed E-state index contributed by atoms with van der Waals surface area (Å²) >= 11 is 0. The van der Waals surface area contributed by atoms with Crippen LogP contribution in [-0.4, -0.2) is 19.1 Å². The third kappa shape index (κ3) is 1.11. The van der Waals surface area contributed by atoms with Gasteiger partial charge in [0, 0.05) is 7.05 Å². The quantitative estimate of drug-likeness (QED) is 0.624. The van der Waals surface area contributed by atoms with Crippen molar-refractivity contribution in [3.8, 4) is 5.75 Å². The van der Waals surface area contributed by atoms with Crippen LogP contribution in [0.4, 0.5) is 11.4 Å². The number of hydrogen-bond acceptors (Lipinski definition) is 3. The van der Waals surface area contributed by atoms with Crippen molar-refractivity contribution in [3.63, 3.8) is 0 Å². The standard InChI is InChI=1S/C10H12N2O2/c1-6-10(13)12(2)9-7(11)4-3-5-8(9)14-6/h3-6H,11H2,1-2H3. The third-order valence-electron chi connectivity index (χ3n) is 2.35. The van der Waals surface area contributed by atoms with Gasteiger partial charge in [-0.2, -0.15) is 0 Å². The molecule has 1 aromatic carbocycles. The van der Waals surface area contributed by atoms with Gasteiger partial charge in [-0.3, -0.25) is 4.79 Å². The molecule has 1 aromatic rings. The average molecular weight is 192 g/mol. The Labute approximate surface area is 82.3 Å². The summed E-state index contributed by atoms with van der Waals surface area (Å²) < 4.78 is 5.42. The van der Waals surface area contributed by atoms with Crippen molar-refractivity contribution in [1.82, 2.24) is 0 Å². The monoisotopic (exact) mass is 192 g/mol. The second kappa shape index (κ2) is 2.90. The molecule has 0 spiro atoms. The zero-order valence-corrected chi connectivity index (χ0v) is 8.15. The van der Waals surface area contributed by atoms with E-state index < -0.39 is 6.10 Å². The lowest BCUT2D eigenvalue weighted by Gasteiger charge is -2.30. The van der Waals surface area contributed by atoms with Gasteiger partial charge in [0.15, 0.2) is 6.10 Å². The van der Waals surface area contributed by atoms with Crippen LogP contribution in [0.15, 0.2) is 18.2 Å². The zero-order valence-electron chi connectivity index (χ0n) is 8.15. The number of carbonyl (C=O) groups is 1. The van der Waals surface area contributed by atoms with E-state index in [1.807, 2.05) is 12.1 Å². The van der Waals surface area contributed by atoms with Crippen molar-refractivity contribution in [2.75, 3.05) is 17.7 Å². The Kier molecular flexibility index (Phi) is 1.84. The van der Waals surface area contributed by atoms with Gasteiger partial charge >= 0.3 is 0 Å². The molecule has 0 fully saturated rings. The van der Waals surface area contributed by atoms with Crippen LogP contribution in [0.1, 0.15) is 6.92 Å². The fourth-order valence-corrected chi connectivity index (χ4v) is 1.62. The lowest BCUT2D eigenvalue weighted by atomic mass is 10.2. The Morgan fingerprint density at radius 2 is 2.21 bits per heavy atom. The number of hydrogen-bond donors (Lipinski definition) is 1. The molecule has 2 rings (SSSR count). The molecule has 0 saturated heterocycles. The summed E-state index contributed by atoms with van der Waals surface area (Å²) in [6.45, 7) is 1.73. The van der Waals surface area contributed by atoms with E-state index in [2.05, 4.69) is 0 Å². The Balaban J connectivity index is 2.56. The number of para-hydroxylation sites is 1. The first-order valence-corrected chi connectivity index (χ1v) is 4.44. The molecule has 1 unspecified atom stereocenters. The molecule has 0 aromatic heterocycles. The van der Waals surface area contributed by atoms with Crippen LogP contribution in [-0.2, 0) is 4.79 Å². The third-order valence-corrected chi connectivity index (χ3v) is 2.35. The molecule has 1 amide bonds. The normalized spacial score (nSPS) is 20.3.